The molecule has 1 atom stereocenters. The van der Waals surface area contributed by atoms with Crippen LogP contribution in [0.3, 0.4) is 0 Å². The lowest BCUT2D eigenvalue weighted by Crippen LogP contribution is -2.33. The molecule has 0 aromatic heterocycles. The van der Waals surface area contributed by atoms with Crippen molar-refractivity contribution in [1.82, 2.24) is 0 Å². The molecule has 0 saturated carbocycles. The minimum atomic E-state index is -0.598. The molecule has 0 amide bonds. The lowest BCUT2D eigenvalue weighted by Gasteiger charge is -2.10. The van der Waals surface area contributed by atoms with E-state index < -0.39 is 6.04 Å². The third kappa shape index (κ3) is 4.20. The number of halogens is 2. The summed E-state index contributed by atoms with van der Waals surface area (Å²) in [5.74, 6) is -0.388. The molecule has 0 aliphatic rings. The van der Waals surface area contributed by atoms with Gasteiger partial charge in [-0.1, -0.05) is 34.1 Å². The summed E-state index contributed by atoms with van der Waals surface area (Å²) in [4.78, 5) is 11.1. The van der Waals surface area contributed by atoms with Gasteiger partial charge in [0.15, 0.2) is 0 Å². The van der Waals surface area contributed by atoms with Crippen molar-refractivity contribution in [1.29, 1.82) is 0 Å². The second-order valence-corrected chi connectivity index (χ2v) is 3.78. The van der Waals surface area contributed by atoms with Crippen LogP contribution >= 0.6 is 28.3 Å². The van der Waals surface area contributed by atoms with Crippen LogP contribution in [0.5, 0.6) is 0 Å². The molecule has 0 aliphatic carbocycles. The normalized spacial score (nSPS) is 11.4. The Labute approximate surface area is 104 Å². The van der Waals surface area contributed by atoms with Gasteiger partial charge in [0.25, 0.3) is 0 Å². The number of benzene rings is 1. The average Bonchev–Trinajstić information content (AvgIpc) is 2.20. The second kappa shape index (κ2) is 6.82. The van der Waals surface area contributed by atoms with E-state index >= 15 is 0 Å². The van der Waals surface area contributed by atoms with Gasteiger partial charge in [-0.05, 0) is 18.1 Å². The van der Waals surface area contributed by atoms with Gasteiger partial charge in [0.1, 0.15) is 6.04 Å². The topological polar surface area (TPSA) is 52.3 Å². The molecule has 3 nitrogen and oxygen atoms in total. The summed E-state index contributed by atoms with van der Waals surface area (Å²) in [5, 5.41) is 0. The Morgan fingerprint density at radius 2 is 2.13 bits per heavy atom. The first-order valence-electron chi connectivity index (χ1n) is 4.22. The number of nitrogens with two attached hydrogens (primary N) is 1. The van der Waals surface area contributed by atoms with Crippen molar-refractivity contribution in [3.63, 3.8) is 0 Å². The number of ether oxygens (including phenoxy) is 1. The van der Waals surface area contributed by atoms with Crippen LogP contribution in [0.4, 0.5) is 0 Å². The van der Waals surface area contributed by atoms with Gasteiger partial charge in [-0.25, -0.2) is 0 Å². The molecule has 84 valence electrons. The molecular weight excluding hydrogens is 281 g/mol. The minimum Gasteiger partial charge on any atom is -0.468 e. The van der Waals surface area contributed by atoms with Crippen molar-refractivity contribution in [3.05, 3.63) is 34.3 Å². The molecule has 0 bridgehead atoms. The van der Waals surface area contributed by atoms with E-state index in [1.165, 1.54) is 7.11 Å². The Balaban J connectivity index is 0.00000196. The summed E-state index contributed by atoms with van der Waals surface area (Å²) < 4.78 is 5.50. The van der Waals surface area contributed by atoms with Gasteiger partial charge in [0, 0.05) is 4.47 Å². The molecule has 1 aromatic rings. The van der Waals surface area contributed by atoms with Crippen molar-refractivity contribution in [2.24, 2.45) is 5.73 Å². The van der Waals surface area contributed by atoms with Crippen molar-refractivity contribution >= 4 is 34.3 Å². The Morgan fingerprint density at radius 3 is 2.67 bits per heavy atom. The monoisotopic (exact) mass is 293 g/mol. The molecule has 1 aromatic carbocycles. The molecule has 15 heavy (non-hydrogen) atoms. The van der Waals surface area contributed by atoms with E-state index in [-0.39, 0.29) is 18.4 Å². The summed E-state index contributed by atoms with van der Waals surface area (Å²) in [7, 11) is 1.34. The first-order chi connectivity index (χ1) is 6.65. The molecule has 0 fully saturated rings. The molecule has 0 unspecified atom stereocenters. The number of carbonyl (C=O) groups excluding carboxylic acids is 1. The minimum absolute atomic E-state index is 0. The predicted molar refractivity (Wildman–Crippen MR) is 65.1 cm³/mol. The van der Waals surface area contributed by atoms with E-state index in [1.807, 2.05) is 24.3 Å². The van der Waals surface area contributed by atoms with Crippen molar-refractivity contribution in [2.45, 2.75) is 12.5 Å². The molecule has 5 heteroatoms. The summed E-state index contributed by atoms with van der Waals surface area (Å²) in [6.45, 7) is 0. The van der Waals surface area contributed by atoms with Gasteiger partial charge in [-0.2, -0.15) is 0 Å². The maximum atomic E-state index is 11.1. The van der Waals surface area contributed by atoms with Crippen LogP contribution in [0.25, 0.3) is 0 Å². The lowest BCUT2D eigenvalue weighted by atomic mass is 10.1. The third-order valence-corrected chi connectivity index (χ3v) is 2.68. The van der Waals surface area contributed by atoms with Crippen LogP contribution in [0.2, 0.25) is 0 Å². The molecule has 0 aliphatic heterocycles. The zero-order valence-corrected chi connectivity index (χ0v) is 10.7. The Kier molecular flexibility index (Phi) is 6.56. The highest BCUT2D eigenvalue weighted by Gasteiger charge is 2.15. The van der Waals surface area contributed by atoms with Gasteiger partial charge >= 0.3 is 5.97 Å². The molecule has 0 radical (unpaired) electrons. The summed E-state index contributed by atoms with van der Waals surface area (Å²) in [6, 6.07) is 7.06. The molecular formula is C10H13BrClNO2. The lowest BCUT2D eigenvalue weighted by molar-refractivity contribution is -0.142. The number of methoxy groups -OCH3 is 1. The highest BCUT2D eigenvalue weighted by Crippen LogP contribution is 2.17. The third-order valence-electron chi connectivity index (χ3n) is 1.90. The van der Waals surface area contributed by atoms with Crippen LogP contribution in [0.15, 0.2) is 28.7 Å². The highest BCUT2D eigenvalue weighted by molar-refractivity contribution is 9.10. The maximum absolute atomic E-state index is 11.1. The second-order valence-electron chi connectivity index (χ2n) is 2.93. The Bertz CT molecular complexity index is 333. The summed E-state index contributed by atoms with van der Waals surface area (Å²) in [5.41, 5.74) is 6.64. The van der Waals surface area contributed by atoms with Crippen molar-refractivity contribution < 1.29 is 9.53 Å². The van der Waals surface area contributed by atoms with Crippen LogP contribution in [-0.4, -0.2) is 19.1 Å². The van der Waals surface area contributed by atoms with Gasteiger partial charge in [0.2, 0.25) is 0 Å². The summed E-state index contributed by atoms with van der Waals surface area (Å²) in [6.07, 6.45) is 0.480. The molecule has 1 rings (SSSR count). The molecule has 0 saturated heterocycles. The van der Waals surface area contributed by atoms with Gasteiger partial charge in [-0.15, -0.1) is 12.4 Å². The quantitative estimate of drug-likeness (QED) is 0.867. The van der Waals surface area contributed by atoms with Crippen LogP contribution < -0.4 is 5.73 Å². The van der Waals surface area contributed by atoms with Gasteiger partial charge < -0.3 is 10.5 Å². The van der Waals surface area contributed by atoms with Crippen molar-refractivity contribution in [3.8, 4) is 0 Å². The van der Waals surface area contributed by atoms with Gasteiger partial charge in [0.05, 0.1) is 7.11 Å². The fourth-order valence-electron chi connectivity index (χ4n) is 1.14. The van der Waals surface area contributed by atoms with Crippen LogP contribution in [-0.2, 0) is 16.0 Å². The highest BCUT2D eigenvalue weighted by atomic mass is 79.9. The molecule has 2 N–H and O–H groups in total. The number of esters is 1. The van der Waals surface area contributed by atoms with E-state index in [9.17, 15) is 4.79 Å². The van der Waals surface area contributed by atoms with E-state index in [0.29, 0.717) is 6.42 Å². The smallest absolute Gasteiger partial charge is 0.322 e. The number of hydrogen-bond acceptors (Lipinski definition) is 3. The number of carbonyl (C=O) groups is 1. The first-order valence-corrected chi connectivity index (χ1v) is 5.01. The fourth-order valence-corrected chi connectivity index (χ4v) is 1.58. The Morgan fingerprint density at radius 1 is 1.53 bits per heavy atom. The SMILES string of the molecule is COC(=O)[C@@H](N)Cc1ccccc1Br.Cl. The zero-order chi connectivity index (χ0) is 10.6. The first kappa shape index (κ1) is 14.4. The van der Waals surface area contributed by atoms with E-state index in [4.69, 9.17) is 5.73 Å². The maximum Gasteiger partial charge on any atom is 0.322 e. The fraction of sp³-hybridized carbons (Fsp3) is 0.300. The van der Waals surface area contributed by atoms with Crippen LogP contribution in [0, 0.1) is 0 Å². The standard InChI is InChI=1S/C10H12BrNO2.ClH/c1-14-10(13)9(12)6-7-4-2-3-5-8(7)11;/h2-5,9H,6,12H2,1H3;1H/t9-;/m0./s1. The van der Waals surface area contributed by atoms with Crippen molar-refractivity contribution in [2.75, 3.05) is 7.11 Å². The average molecular weight is 295 g/mol. The van der Waals surface area contributed by atoms with E-state index in [0.717, 1.165) is 10.0 Å². The largest absolute Gasteiger partial charge is 0.468 e. The van der Waals surface area contributed by atoms with E-state index in [1.54, 1.807) is 0 Å². The van der Waals surface area contributed by atoms with E-state index in [2.05, 4.69) is 20.7 Å². The zero-order valence-electron chi connectivity index (χ0n) is 8.27. The number of hydrogen-bond donors (Lipinski definition) is 1. The molecule has 0 heterocycles. The predicted octanol–water partition coefficient (Wildman–Crippen LogP) is 1.91. The Hall–Kier alpha value is -0.580. The number of rotatable bonds is 3. The van der Waals surface area contributed by atoms with Crippen LogP contribution in [0.1, 0.15) is 5.56 Å². The summed E-state index contributed by atoms with van der Waals surface area (Å²) >= 11 is 3.39. The molecule has 0 spiro atoms. The van der Waals surface area contributed by atoms with Gasteiger partial charge in [-0.3, -0.25) is 4.79 Å².